The number of rotatable bonds is 4. The summed E-state index contributed by atoms with van der Waals surface area (Å²) >= 11 is 0. The molecule has 3 aromatic rings. The van der Waals surface area contributed by atoms with Crippen molar-refractivity contribution in [1.29, 1.82) is 0 Å². The standard InChI is InChI=1S/C18H16N2O3/c1-12(13-7-3-2-4-8-13)23-17(21)11-16-14-9-5-6-10-15(14)18(22)20-19-16/h2-10,12H,11H2,1H3,(H,20,22)/t12-/m0/s1. The first-order valence-electron chi connectivity index (χ1n) is 7.36. The zero-order valence-electron chi connectivity index (χ0n) is 12.7. The lowest BCUT2D eigenvalue weighted by Gasteiger charge is -2.13. The third-order valence-corrected chi connectivity index (χ3v) is 3.66. The summed E-state index contributed by atoms with van der Waals surface area (Å²) in [7, 11) is 0. The van der Waals surface area contributed by atoms with Crippen LogP contribution in [0.15, 0.2) is 59.4 Å². The highest BCUT2D eigenvalue weighted by atomic mass is 16.5. The zero-order valence-corrected chi connectivity index (χ0v) is 12.7. The molecule has 0 aliphatic heterocycles. The molecule has 0 aliphatic rings. The highest BCUT2D eigenvalue weighted by Crippen LogP contribution is 2.18. The van der Waals surface area contributed by atoms with E-state index in [1.54, 1.807) is 18.2 Å². The fraction of sp³-hybridized carbons (Fsp3) is 0.167. The van der Waals surface area contributed by atoms with Crippen molar-refractivity contribution in [1.82, 2.24) is 10.2 Å². The fourth-order valence-corrected chi connectivity index (χ4v) is 2.47. The molecular weight excluding hydrogens is 292 g/mol. The van der Waals surface area contributed by atoms with E-state index in [-0.39, 0.29) is 24.1 Å². The summed E-state index contributed by atoms with van der Waals surface area (Å²) in [6, 6.07) is 16.6. The van der Waals surface area contributed by atoms with Gasteiger partial charge in [0.2, 0.25) is 0 Å². The Hall–Kier alpha value is -2.95. The van der Waals surface area contributed by atoms with Gasteiger partial charge in [-0.25, -0.2) is 5.10 Å². The molecule has 23 heavy (non-hydrogen) atoms. The van der Waals surface area contributed by atoms with Crippen molar-refractivity contribution in [3.63, 3.8) is 0 Å². The number of aromatic nitrogens is 2. The predicted octanol–water partition coefficient (Wildman–Crippen LogP) is 2.77. The van der Waals surface area contributed by atoms with Crippen LogP contribution in [-0.2, 0) is 16.0 Å². The third-order valence-electron chi connectivity index (χ3n) is 3.66. The van der Waals surface area contributed by atoms with Crippen molar-refractivity contribution in [2.24, 2.45) is 0 Å². The van der Waals surface area contributed by atoms with E-state index in [0.717, 1.165) is 5.56 Å². The molecule has 0 saturated heterocycles. The second-order valence-electron chi connectivity index (χ2n) is 5.26. The number of H-pyrrole nitrogens is 1. The lowest BCUT2D eigenvalue weighted by Crippen LogP contribution is -2.16. The Labute approximate surface area is 132 Å². The van der Waals surface area contributed by atoms with Crippen LogP contribution in [0.5, 0.6) is 0 Å². The second kappa shape index (κ2) is 6.44. The molecule has 5 heteroatoms. The Morgan fingerprint density at radius 1 is 1.09 bits per heavy atom. The van der Waals surface area contributed by atoms with Crippen molar-refractivity contribution in [2.45, 2.75) is 19.4 Å². The molecule has 0 amide bonds. The molecule has 1 N–H and O–H groups in total. The number of nitrogens with one attached hydrogen (secondary N) is 1. The van der Waals surface area contributed by atoms with Crippen LogP contribution in [0, 0.1) is 0 Å². The minimum absolute atomic E-state index is 0.00840. The molecule has 0 saturated carbocycles. The Kier molecular flexibility index (Phi) is 4.19. The van der Waals surface area contributed by atoms with Gasteiger partial charge in [0.25, 0.3) is 5.56 Å². The van der Waals surface area contributed by atoms with Gasteiger partial charge in [-0.15, -0.1) is 0 Å². The first kappa shape index (κ1) is 15.0. The predicted molar refractivity (Wildman–Crippen MR) is 87.0 cm³/mol. The van der Waals surface area contributed by atoms with Gasteiger partial charge in [0.05, 0.1) is 17.5 Å². The maximum absolute atomic E-state index is 12.2. The molecule has 1 aromatic heterocycles. The molecule has 1 heterocycles. The number of benzene rings is 2. The number of hydrogen-bond donors (Lipinski definition) is 1. The van der Waals surface area contributed by atoms with Gasteiger partial charge in [-0.2, -0.15) is 5.10 Å². The SMILES string of the molecule is C[C@H](OC(=O)Cc1n[nH]c(=O)c2ccccc12)c1ccccc1. The molecule has 0 radical (unpaired) electrons. The maximum atomic E-state index is 12.2. The van der Waals surface area contributed by atoms with Crippen LogP contribution in [0.2, 0.25) is 0 Å². The van der Waals surface area contributed by atoms with Crippen LogP contribution in [-0.4, -0.2) is 16.2 Å². The highest BCUT2D eigenvalue weighted by molar-refractivity contribution is 5.86. The zero-order chi connectivity index (χ0) is 16.2. The van der Waals surface area contributed by atoms with Crippen LogP contribution in [0.1, 0.15) is 24.3 Å². The summed E-state index contributed by atoms with van der Waals surface area (Å²) in [6.07, 6.45) is -0.327. The first-order chi connectivity index (χ1) is 11.1. The van der Waals surface area contributed by atoms with Crippen LogP contribution in [0.4, 0.5) is 0 Å². The number of esters is 1. The molecule has 0 fully saturated rings. The molecule has 0 spiro atoms. The van der Waals surface area contributed by atoms with Crippen LogP contribution < -0.4 is 5.56 Å². The molecular formula is C18H16N2O3. The monoisotopic (exact) mass is 308 g/mol. The van der Waals surface area contributed by atoms with Crippen molar-refractivity contribution in [3.8, 4) is 0 Å². The number of ether oxygens (including phenoxy) is 1. The van der Waals surface area contributed by atoms with Gasteiger partial charge >= 0.3 is 5.97 Å². The Bertz CT molecular complexity index is 887. The number of carbonyl (C=O) groups excluding carboxylic acids is 1. The van der Waals surface area contributed by atoms with E-state index in [1.165, 1.54) is 0 Å². The van der Waals surface area contributed by atoms with Gasteiger partial charge in [-0.05, 0) is 18.6 Å². The Morgan fingerprint density at radius 2 is 1.74 bits per heavy atom. The van der Waals surface area contributed by atoms with Gasteiger partial charge in [-0.3, -0.25) is 9.59 Å². The lowest BCUT2D eigenvalue weighted by molar-refractivity contribution is -0.147. The van der Waals surface area contributed by atoms with E-state index in [4.69, 9.17) is 4.74 Å². The summed E-state index contributed by atoms with van der Waals surface area (Å²) in [5, 5.41) is 7.59. The van der Waals surface area contributed by atoms with Gasteiger partial charge in [0, 0.05) is 5.39 Å². The van der Waals surface area contributed by atoms with Gasteiger partial charge in [-0.1, -0.05) is 48.5 Å². The lowest BCUT2D eigenvalue weighted by atomic mass is 10.1. The van der Waals surface area contributed by atoms with Crippen molar-refractivity contribution < 1.29 is 9.53 Å². The molecule has 0 aliphatic carbocycles. The number of hydrogen-bond acceptors (Lipinski definition) is 4. The average molecular weight is 308 g/mol. The summed E-state index contributed by atoms with van der Waals surface area (Å²) < 4.78 is 5.45. The second-order valence-corrected chi connectivity index (χ2v) is 5.26. The average Bonchev–Trinajstić information content (AvgIpc) is 2.58. The van der Waals surface area contributed by atoms with E-state index < -0.39 is 0 Å². The van der Waals surface area contributed by atoms with Crippen LogP contribution in [0.3, 0.4) is 0 Å². The number of nitrogens with zero attached hydrogens (tertiary/aromatic N) is 1. The molecule has 1 atom stereocenters. The quantitative estimate of drug-likeness (QED) is 0.752. The summed E-state index contributed by atoms with van der Waals surface area (Å²) in [6.45, 7) is 1.83. The number of aromatic amines is 1. The van der Waals surface area contributed by atoms with Gasteiger partial charge < -0.3 is 4.74 Å². The Morgan fingerprint density at radius 3 is 2.48 bits per heavy atom. The summed E-state index contributed by atoms with van der Waals surface area (Å²) in [5.41, 5.74) is 1.17. The van der Waals surface area contributed by atoms with E-state index in [2.05, 4.69) is 10.2 Å². The van der Waals surface area contributed by atoms with E-state index in [0.29, 0.717) is 16.5 Å². The van der Waals surface area contributed by atoms with E-state index in [1.807, 2.05) is 43.3 Å². The summed E-state index contributed by atoms with van der Waals surface area (Å²) in [4.78, 5) is 23.9. The van der Waals surface area contributed by atoms with Crippen molar-refractivity contribution in [2.75, 3.05) is 0 Å². The molecule has 3 rings (SSSR count). The minimum Gasteiger partial charge on any atom is -0.457 e. The molecule has 2 aromatic carbocycles. The molecule has 5 nitrogen and oxygen atoms in total. The first-order valence-corrected chi connectivity index (χ1v) is 7.36. The van der Waals surface area contributed by atoms with Gasteiger partial charge in [0.1, 0.15) is 6.10 Å². The smallest absolute Gasteiger partial charge is 0.312 e. The molecule has 116 valence electrons. The topological polar surface area (TPSA) is 72.0 Å². The molecule has 0 bridgehead atoms. The normalized spacial score (nSPS) is 12.0. The largest absolute Gasteiger partial charge is 0.457 e. The number of fused-ring (bicyclic) bond motifs is 1. The van der Waals surface area contributed by atoms with E-state index in [9.17, 15) is 9.59 Å². The van der Waals surface area contributed by atoms with Crippen LogP contribution in [0.25, 0.3) is 10.8 Å². The fourth-order valence-electron chi connectivity index (χ4n) is 2.47. The highest BCUT2D eigenvalue weighted by Gasteiger charge is 2.15. The van der Waals surface area contributed by atoms with Crippen molar-refractivity contribution >= 4 is 16.7 Å². The van der Waals surface area contributed by atoms with Gasteiger partial charge in [0.15, 0.2) is 0 Å². The Balaban J connectivity index is 1.79. The van der Waals surface area contributed by atoms with E-state index >= 15 is 0 Å². The molecule has 0 unspecified atom stereocenters. The van der Waals surface area contributed by atoms with Crippen LogP contribution >= 0.6 is 0 Å². The maximum Gasteiger partial charge on any atom is 0.312 e. The summed E-state index contributed by atoms with van der Waals surface area (Å²) in [5.74, 6) is -0.383. The third kappa shape index (κ3) is 3.29. The van der Waals surface area contributed by atoms with Crippen molar-refractivity contribution in [3.05, 3.63) is 76.2 Å². The number of carbonyl (C=O) groups is 1. The minimum atomic E-state index is -0.383.